The third-order valence-corrected chi connectivity index (χ3v) is 4.08. The van der Waals surface area contributed by atoms with Crippen molar-refractivity contribution in [1.29, 1.82) is 0 Å². The number of anilines is 2. The standard InChI is InChI=1S/C18H24N2/c1-12-10-13(2)15(4)18(14(12)3)20-11-16-6-8-17(19-5)9-7-16/h6-10,19-20H,11H2,1-5H3. The van der Waals surface area contributed by atoms with E-state index >= 15 is 0 Å². The van der Waals surface area contributed by atoms with Gasteiger partial charge in [0.15, 0.2) is 0 Å². The Labute approximate surface area is 122 Å². The minimum Gasteiger partial charge on any atom is -0.388 e. The second-order valence-corrected chi connectivity index (χ2v) is 5.44. The minimum atomic E-state index is 0.856. The predicted molar refractivity (Wildman–Crippen MR) is 88.7 cm³/mol. The first kappa shape index (κ1) is 14.4. The highest BCUT2D eigenvalue weighted by molar-refractivity contribution is 5.62. The molecule has 0 amide bonds. The van der Waals surface area contributed by atoms with E-state index in [0.717, 1.165) is 12.2 Å². The Morgan fingerprint density at radius 2 is 1.40 bits per heavy atom. The van der Waals surface area contributed by atoms with Crippen LogP contribution in [0.4, 0.5) is 11.4 Å². The molecule has 2 rings (SSSR count). The van der Waals surface area contributed by atoms with E-state index in [1.807, 2.05) is 7.05 Å². The quantitative estimate of drug-likeness (QED) is 0.848. The molecule has 0 spiro atoms. The van der Waals surface area contributed by atoms with Gasteiger partial charge in [0.1, 0.15) is 0 Å². The van der Waals surface area contributed by atoms with E-state index in [0.29, 0.717) is 0 Å². The summed E-state index contributed by atoms with van der Waals surface area (Å²) in [7, 11) is 1.94. The Balaban J connectivity index is 2.18. The van der Waals surface area contributed by atoms with E-state index in [4.69, 9.17) is 0 Å². The fraction of sp³-hybridized carbons (Fsp3) is 0.333. The molecule has 0 bridgehead atoms. The summed E-state index contributed by atoms with van der Waals surface area (Å²) in [6.07, 6.45) is 0. The fourth-order valence-electron chi connectivity index (χ4n) is 2.46. The smallest absolute Gasteiger partial charge is 0.0407 e. The van der Waals surface area contributed by atoms with Crippen LogP contribution in [0.1, 0.15) is 27.8 Å². The molecule has 0 aliphatic rings. The van der Waals surface area contributed by atoms with E-state index in [1.165, 1.54) is 33.5 Å². The van der Waals surface area contributed by atoms with Gasteiger partial charge in [-0.25, -0.2) is 0 Å². The number of aryl methyl sites for hydroxylation is 2. The molecule has 0 saturated heterocycles. The van der Waals surface area contributed by atoms with Gasteiger partial charge in [0.2, 0.25) is 0 Å². The molecule has 0 aliphatic heterocycles. The third kappa shape index (κ3) is 2.96. The second kappa shape index (κ2) is 6.00. The van der Waals surface area contributed by atoms with Crippen LogP contribution >= 0.6 is 0 Å². The van der Waals surface area contributed by atoms with Crippen LogP contribution in [-0.2, 0) is 6.54 Å². The summed E-state index contributed by atoms with van der Waals surface area (Å²) in [5, 5.41) is 6.74. The lowest BCUT2D eigenvalue weighted by molar-refractivity contribution is 1.11. The van der Waals surface area contributed by atoms with Crippen molar-refractivity contribution in [3.05, 3.63) is 58.1 Å². The molecule has 2 heteroatoms. The second-order valence-electron chi connectivity index (χ2n) is 5.44. The van der Waals surface area contributed by atoms with Crippen LogP contribution in [0.25, 0.3) is 0 Å². The van der Waals surface area contributed by atoms with Gasteiger partial charge in [0.05, 0.1) is 0 Å². The molecular formula is C18H24N2. The van der Waals surface area contributed by atoms with E-state index in [9.17, 15) is 0 Å². The van der Waals surface area contributed by atoms with Crippen LogP contribution in [0.15, 0.2) is 30.3 Å². The van der Waals surface area contributed by atoms with Gasteiger partial charge in [-0.15, -0.1) is 0 Å². The molecule has 2 aromatic rings. The molecule has 0 saturated carbocycles. The topological polar surface area (TPSA) is 24.1 Å². The van der Waals surface area contributed by atoms with Gasteiger partial charge in [-0.05, 0) is 67.6 Å². The highest BCUT2D eigenvalue weighted by Crippen LogP contribution is 2.27. The van der Waals surface area contributed by atoms with Crippen molar-refractivity contribution in [3.63, 3.8) is 0 Å². The Hall–Kier alpha value is -1.96. The lowest BCUT2D eigenvalue weighted by atomic mass is 9.98. The molecule has 0 heterocycles. The van der Waals surface area contributed by atoms with Gasteiger partial charge in [-0.3, -0.25) is 0 Å². The first-order chi connectivity index (χ1) is 9.52. The highest BCUT2D eigenvalue weighted by Gasteiger charge is 2.07. The van der Waals surface area contributed by atoms with Crippen LogP contribution in [-0.4, -0.2) is 7.05 Å². The molecule has 2 nitrogen and oxygen atoms in total. The Morgan fingerprint density at radius 1 is 0.850 bits per heavy atom. The maximum absolute atomic E-state index is 3.60. The van der Waals surface area contributed by atoms with Crippen molar-refractivity contribution in [3.8, 4) is 0 Å². The largest absolute Gasteiger partial charge is 0.388 e. The van der Waals surface area contributed by atoms with Gasteiger partial charge in [0, 0.05) is 25.0 Å². The van der Waals surface area contributed by atoms with Crippen molar-refractivity contribution in [2.24, 2.45) is 0 Å². The lowest BCUT2D eigenvalue weighted by Crippen LogP contribution is -2.05. The molecule has 0 unspecified atom stereocenters. The summed E-state index contributed by atoms with van der Waals surface area (Å²) in [5.41, 5.74) is 9.11. The van der Waals surface area contributed by atoms with Crippen LogP contribution in [0.3, 0.4) is 0 Å². The first-order valence-electron chi connectivity index (χ1n) is 7.11. The van der Waals surface area contributed by atoms with Crippen molar-refractivity contribution < 1.29 is 0 Å². The molecule has 0 atom stereocenters. The van der Waals surface area contributed by atoms with E-state index in [-0.39, 0.29) is 0 Å². The summed E-state index contributed by atoms with van der Waals surface area (Å²) in [4.78, 5) is 0. The zero-order valence-electron chi connectivity index (χ0n) is 13.1. The predicted octanol–water partition coefficient (Wildman–Crippen LogP) is 4.57. The number of hydrogen-bond donors (Lipinski definition) is 2. The van der Waals surface area contributed by atoms with Gasteiger partial charge in [0.25, 0.3) is 0 Å². The van der Waals surface area contributed by atoms with E-state index < -0.39 is 0 Å². The van der Waals surface area contributed by atoms with E-state index in [1.54, 1.807) is 0 Å². The molecule has 0 fully saturated rings. The van der Waals surface area contributed by atoms with Gasteiger partial charge < -0.3 is 10.6 Å². The Bertz CT molecular complexity index is 572. The van der Waals surface area contributed by atoms with Gasteiger partial charge >= 0.3 is 0 Å². The van der Waals surface area contributed by atoms with Crippen molar-refractivity contribution in [2.75, 3.05) is 17.7 Å². The molecule has 106 valence electrons. The number of hydrogen-bond acceptors (Lipinski definition) is 2. The normalized spacial score (nSPS) is 10.4. The summed E-state index contributed by atoms with van der Waals surface area (Å²) in [6, 6.07) is 10.8. The van der Waals surface area contributed by atoms with Gasteiger partial charge in [-0.1, -0.05) is 18.2 Å². The van der Waals surface area contributed by atoms with Crippen LogP contribution in [0.5, 0.6) is 0 Å². The Morgan fingerprint density at radius 3 is 1.90 bits per heavy atom. The third-order valence-electron chi connectivity index (χ3n) is 4.08. The lowest BCUT2D eigenvalue weighted by Gasteiger charge is -2.17. The zero-order chi connectivity index (χ0) is 14.7. The molecule has 0 aliphatic carbocycles. The monoisotopic (exact) mass is 268 g/mol. The summed E-state index contributed by atoms with van der Waals surface area (Å²) < 4.78 is 0. The molecule has 0 radical (unpaired) electrons. The zero-order valence-corrected chi connectivity index (χ0v) is 13.1. The minimum absolute atomic E-state index is 0.856. The number of rotatable bonds is 4. The summed E-state index contributed by atoms with van der Waals surface area (Å²) >= 11 is 0. The maximum atomic E-state index is 3.60. The molecule has 2 aromatic carbocycles. The maximum Gasteiger partial charge on any atom is 0.0407 e. The molecule has 2 N–H and O–H groups in total. The summed E-state index contributed by atoms with van der Waals surface area (Å²) in [5.74, 6) is 0. The van der Waals surface area contributed by atoms with Crippen LogP contribution < -0.4 is 10.6 Å². The molecule has 0 aromatic heterocycles. The van der Waals surface area contributed by atoms with Crippen molar-refractivity contribution >= 4 is 11.4 Å². The average Bonchev–Trinajstić information content (AvgIpc) is 2.46. The fourth-order valence-corrected chi connectivity index (χ4v) is 2.46. The molecule has 20 heavy (non-hydrogen) atoms. The van der Waals surface area contributed by atoms with Crippen LogP contribution in [0, 0.1) is 27.7 Å². The molecular weight excluding hydrogens is 244 g/mol. The number of benzene rings is 2. The van der Waals surface area contributed by atoms with Crippen LogP contribution in [0.2, 0.25) is 0 Å². The summed E-state index contributed by atoms with van der Waals surface area (Å²) in [6.45, 7) is 9.58. The highest BCUT2D eigenvalue weighted by atomic mass is 14.9. The number of nitrogens with one attached hydrogen (secondary N) is 2. The average molecular weight is 268 g/mol. The Kier molecular flexibility index (Phi) is 4.33. The van der Waals surface area contributed by atoms with E-state index in [2.05, 4.69) is 68.7 Å². The van der Waals surface area contributed by atoms with Gasteiger partial charge in [-0.2, -0.15) is 0 Å². The van der Waals surface area contributed by atoms with Crippen molar-refractivity contribution in [2.45, 2.75) is 34.2 Å². The van der Waals surface area contributed by atoms with Crippen molar-refractivity contribution in [1.82, 2.24) is 0 Å². The SMILES string of the molecule is CNc1ccc(CNc2c(C)c(C)cc(C)c2C)cc1. The first-order valence-corrected chi connectivity index (χ1v) is 7.11.